The second-order valence-electron chi connectivity index (χ2n) is 9.62. The number of carbonyl (C=O) groups excluding carboxylic acids is 2. The summed E-state index contributed by atoms with van der Waals surface area (Å²) in [4.78, 5) is 31.9. The van der Waals surface area contributed by atoms with Crippen LogP contribution < -0.4 is 5.32 Å². The normalized spacial score (nSPS) is 17.2. The van der Waals surface area contributed by atoms with Crippen LogP contribution in [0.4, 0.5) is 13.2 Å². The van der Waals surface area contributed by atoms with Gasteiger partial charge in [-0.3, -0.25) is 9.78 Å². The smallest absolute Gasteiger partial charge is 0.423 e. The number of hydrogen-bond donors (Lipinski definition) is 1. The van der Waals surface area contributed by atoms with E-state index < -0.39 is 29.8 Å². The monoisotopic (exact) mass is 609 g/mol. The Bertz CT molecular complexity index is 1320. The predicted molar refractivity (Wildman–Crippen MR) is 147 cm³/mol. The summed E-state index contributed by atoms with van der Waals surface area (Å²) in [5.74, 6) is -3.77. The van der Waals surface area contributed by atoms with E-state index in [-0.39, 0.29) is 37.8 Å². The fourth-order valence-electron chi connectivity index (χ4n) is 4.83. The van der Waals surface area contributed by atoms with Gasteiger partial charge >= 0.3 is 12.1 Å². The zero-order valence-electron chi connectivity index (χ0n) is 22.0. The summed E-state index contributed by atoms with van der Waals surface area (Å²) in [6.07, 6.45) is -2.26. The summed E-state index contributed by atoms with van der Waals surface area (Å²) in [6, 6.07) is 16.5. The maximum atomic E-state index is 14.2. The van der Waals surface area contributed by atoms with Crippen LogP contribution in [0.15, 0.2) is 73.1 Å². The second kappa shape index (κ2) is 13.2. The number of hydrogen-bond acceptors (Lipinski definition) is 6. The van der Waals surface area contributed by atoms with E-state index in [0.717, 1.165) is 11.1 Å². The minimum atomic E-state index is -5.34. The molecule has 2 heterocycles. The van der Waals surface area contributed by atoms with Gasteiger partial charge in [-0.05, 0) is 60.9 Å². The molecule has 1 amide bonds. The minimum Gasteiger partial charge on any atom is -0.423 e. The molecule has 1 aliphatic rings. The lowest BCUT2D eigenvalue weighted by molar-refractivity contribution is -0.237. The molecule has 1 fully saturated rings. The lowest BCUT2D eigenvalue weighted by atomic mass is 9.86. The average Bonchev–Trinajstić information content (AvgIpc) is 2.96. The highest BCUT2D eigenvalue weighted by atomic mass is 35.5. The fraction of sp³-hybridized carbons (Fsp3) is 0.345. The van der Waals surface area contributed by atoms with E-state index >= 15 is 0 Å². The van der Waals surface area contributed by atoms with Crippen LogP contribution in [-0.2, 0) is 31.2 Å². The van der Waals surface area contributed by atoms with Crippen LogP contribution in [0, 0.1) is 0 Å². The largest absolute Gasteiger partial charge is 0.491 e. The third-order valence-electron chi connectivity index (χ3n) is 6.92. The summed E-state index contributed by atoms with van der Waals surface area (Å²) in [5.41, 5.74) is -0.720. The number of morpholine rings is 1. The van der Waals surface area contributed by atoms with Crippen LogP contribution in [0.2, 0.25) is 10.0 Å². The zero-order chi connectivity index (χ0) is 29.6. The van der Waals surface area contributed by atoms with E-state index in [1.807, 2.05) is 24.3 Å². The number of rotatable bonds is 9. The number of nitrogens with zero attached hydrogens (tertiary/aromatic N) is 2. The molecule has 3 aromatic rings. The first kappa shape index (κ1) is 30.8. The van der Waals surface area contributed by atoms with E-state index in [9.17, 15) is 22.8 Å². The lowest BCUT2D eigenvalue weighted by Crippen LogP contribution is -2.63. The molecule has 1 N–H and O–H groups in total. The van der Waals surface area contributed by atoms with Crippen LogP contribution in [0.25, 0.3) is 0 Å². The number of esters is 1. The van der Waals surface area contributed by atoms with Crippen molar-refractivity contribution in [3.8, 4) is 0 Å². The first-order valence-electron chi connectivity index (χ1n) is 12.8. The Kier molecular flexibility index (Phi) is 9.91. The Morgan fingerprint density at radius 1 is 1.02 bits per heavy atom. The summed E-state index contributed by atoms with van der Waals surface area (Å²) in [5, 5.41) is 3.96. The van der Waals surface area contributed by atoms with Crippen molar-refractivity contribution in [2.45, 2.75) is 37.2 Å². The number of ether oxygens (including phenoxy) is 2. The highest BCUT2D eigenvalue weighted by Crippen LogP contribution is 2.35. The Balaban J connectivity index is 1.74. The molecule has 1 aliphatic heterocycles. The van der Waals surface area contributed by atoms with Gasteiger partial charge in [0.05, 0.1) is 13.2 Å². The van der Waals surface area contributed by atoms with Gasteiger partial charge < -0.3 is 14.8 Å². The van der Waals surface area contributed by atoms with Crippen molar-refractivity contribution in [3.63, 3.8) is 0 Å². The molecule has 1 aromatic heterocycles. The van der Waals surface area contributed by atoms with Gasteiger partial charge in [-0.25, -0.2) is 9.69 Å². The molecular formula is C29H28Cl2F3N3O4. The van der Waals surface area contributed by atoms with E-state index in [0.29, 0.717) is 16.5 Å². The molecule has 3 unspecified atom stereocenters. The van der Waals surface area contributed by atoms with Crippen molar-refractivity contribution in [2.75, 3.05) is 26.3 Å². The van der Waals surface area contributed by atoms with Gasteiger partial charge in [-0.1, -0.05) is 47.5 Å². The third-order valence-corrected chi connectivity index (χ3v) is 7.42. The topological polar surface area (TPSA) is 80.8 Å². The van der Waals surface area contributed by atoms with E-state index in [4.69, 9.17) is 32.7 Å². The molecule has 7 nitrogen and oxygen atoms in total. The Morgan fingerprint density at radius 3 is 2.20 bits per heavy atom. The van der Waals surface area contributed by atoms with Gasteiger partial charge in [0.2, 0.25) is 0 Å². The van der Waals surface area contributed by atoms with Crippen molar-refractivity contribution < 1.29 is 32.2 Å². The Labute approximate surface area is 245 Å². The molecule has 4 rings (SSSR count). The number of aromatic nitrogens is 1. The number of benzene rings is 2. The lowest BCUT2D eigenvalue weighted by Gasteiger charge is -2.44. The molecule has 1 saturated heterocycles. The number of alkyl halides is 3. The predicted octanol–water partition coefficient (Wildman–Crippen LogP) is 5.51. The highest BCUT2D eigenvalue weighted by Gasteiger charge is 2.55. The zero-order valence-corrected chi connectivity index (χ0v) is 23.5. The van der Waals surface area contributed by atoms with E-state index in [1.165, 1.54) is 29.4 Å². The van der Waals surface area contributed by atoms with Crippen molar-refractivity contribution in [1.29, 1.82) is 0 Å². The maximum Gasteiger partial charge on any atom is 0.491 e. The van der Waals surface area contributed by atoms with Crippen LogP contribution >= 0.6 is 23.2 Å². The summed E-state index contributed by atoms with van der Waals surface area (Å²) < 4.78 is 51.2. The van der Waals surface area contributed by atoms with E-state index in [2.05, 4.69) is 10.3 Å². The Hall–Kier alpha value is -3.18. The first-order valence-corrected chi connectivity index (χ1v) is 13.6. The van der Waals surface area contributed by atoms with Gasteiger partial charge in [0.15, 0.2) is 0 Å². The number of halogens is 5. The molecular weight excluding hydrogens is 582 g/mol. The van der Waals surface area contributed by atoms with Gasteiger partial charge in [0.1, 0.15) is 0 Å². The third kappa shape index (κ3) is 7.37. The minimum absolute atomic E-state index is 0.0232. The Morgan fingerprint density at radius 2 is 1.63 bits per heavy atom. The average molecular weight is 610 g/mol. The molecule has 218 valence electrons. The van der Waals surface area contributed by atoms with Gasteiger partial charge in [0, 0.05) is 53.1 Å². The quantitative estimate of drug-likeness (QED) is 0.322. The van der Waals surface area contributed by atoms with Gasteiger partial charge in [0.25, 0.3) is 11.6 Å². The first-order chi connectivity index (χ1) is 19.5. The molecule has 3 atom stereocenters. The van der Waals surface area contributed by atoms with Crippen molar-refractivity contribution in [1.82, 2.24) is 15.2 Å². The number of pyridine rings is 1. The SMILES string of the molecule is CC(NC(=O)C(OC(=O)C(F)(F)F)(c1cccnc1)N1CCOCC1)C(Cc1ccc(Cl)cc1)c1ccc(Cl)cc1. The highest BCUT2D eigenvalue weighted by molar-refractivity contribution is 6.30. The fourth-order valence-corrected chi connectivity index (χ4v) is 5.09. The number of nitrogens with one attached hydrogen (secondary N) is 1. The molecule has 2 aromatic carbocycles. The molecule has 0 aliphatic carbocycles. The molecule has 0 saturated carbocycles. The number of carbonyl (C=O) groups is 2. The molecule has 41 heavy (non-hydrogen) atoms. The van der Waals surface area contributed by atoms with E-state index in [1.54, 1.807) is 31.2 Å². The molecule has 12 heteroatoms. The molecule has 0 radical (unpaired) electrons. The van der Waals surface area contributed by atoms with Crippen molar-refractivity contribution in [3.05, 3.63) is 99.8 Å². The standard InChI is InChI=1S/C29H28Cl2F3N3O4/c1-19(25(21-6-10-24(31)11-7-21)17-20-4-8-23(30)9-5-20)36-26(38)28(22-3-2-12-35-18-22,37-13-15-40-16-14-37)41-27(39)29(32,33)34/h2-12,18-19,25H,13-17H2,1H3,(H,36,38). The molecule has 0 spiro atoms. The second-order valence-corrected chi connectivity index (χ2v) is 10.5. The van der Waals surface area contributed by atoms with Crippen molar-refractivity contribution >= 4 is 35.1 Å². The maximum absolute atomic E-state index is 14.2. The van der Waals surface area contributed by atoms with Crippen LogP contribution in [0.1, 0.15) is 29.5 Å². The summed E-state index contributed by atoms with van der Waals surface area (Å²) >= 11 is 12.2. The van der Waals surface area contributed by atoms with Crippen LogP contribution in [-0.4, -0.2) is 60.3 Å². The summed E-state index contributed by atoms with van der Waals surface area (Å²) in [7, 11) is 0. The van der Waals surface area contributed by atoms with Crippen LogP contribution in [0.3, 0.4) is 0 Å². The number of amides is 1. The van der Waals surface area contributed by atoms with Crippen LogP contribution in [0.5, 0.6) is 0 Å². The molecule has 0 bridgehead atoms. The van der Waals surface area contributed by atoms with Gasteiger partial charge in [-0.2, -0.15) is 13.2 Å². The summed E-state index contributed by atoms with van der Waals surface area (Å²) in [6.45, 7) is 2.06. The van der Waals surface area contributed by atoms with Crippen molar-refractivity contribution in [2.24, 2.45) is 0 Å². The van der Waals surface area contributed by atoms with Gasteiger partial charge in [-0.15, -0.1) is 0 Å².